The summed E-state index contributed by atoms with van der Waals surface area (Å²) in [6.45, 7) is 0.151. The van der Waals surface area contributed by atoms with Crippen molar-refractivity contribution in [1.82, 2.24) is 4.90 Å². The molecule has 27 heavy (non-hydrogen) atoms. The lowest BCUT2D eigenvalue weighted by atomic mass is 10.1. The number of fused-ring (bicyclic) bond motifs is 1. The highest BCUT2D eigenvalue weighted by molar-refractivity contribution is 9.10. The molecule has 0 radical (unpaired) electrons. The number of benzene rings is 2. The molecule has 1 saturated heterocycles. The number of halogens is 2. The van der Waals surface area contributed by atoms with Crippen LogP contribution in [0.15, 0.2) is 39.7 Å². The van der Waals surface area contributed by atoms with Crippen molar-refractivity contribution < 1.29 is 24.2 Å². The second-order valence-electron chi connectivity index (χ2n) is 5.78. The molecule has 0 aliphatic carbocycles. The topological polar surface area (TPSA) is 76.1 Å². The molecule has 0 spiro atoms. The molecule has 0 aromatic heterocycles. The van der Waals surface area contributed by atoms with E-state index in [0.717, 1.165) is 16.7 Å². The van der Waals surface area contributed by atoms with E-state index < -0.39 is 5.91 Å². The Kier molecular flexibility index (Phi) is 4.79. The van der Waals surface area contributed by atoms with Gasteiger partial charge in [0.1, 0.15) is 5.75 Å². The number of ether oxygens (including phenoxy) is 2. The number of amides is 2. The summed E-state index contributed by atoms with van der Waals surface area (Å²) in [5, 5.41) is 9.58. The van der Waals surface area contributed by atoms with Crippen LogP contribution in [0, 0.1) is 0 Å². The van der Waals surface area contributed by atoms with Gasteiger partial charge in [0, 0.05) is 11.1 Å². The summed E-state index contributed by atoms with van der Waals surface area (Å²) in [5.74, 6) is 0.766. The Morgan fingerprint density at radius 2 is 1.96 bits per heavy atom. The van der Waals surface area contributed by atoms with Gasteiger partial charge in [0.05, 0.1) is 15.9 Å². The number of carbonyl (C=O) groups is 2. The normalized spacial score (nSPS) is 17.3. The standard InChI is InChI=1S/C18H11BrClNO5S/c19-11-3-9(1-2-13(11)22)4-16-17(23)21(18(24)27-16)7-10-5-14-15(6-12(10)20)26-8-25-14/h1-6,22H,7-8H2/b16-4-. The van der Waals surface area contributed by atoms with Crippen LogP contribution in [0.3, 0.4) is 0 Å². The lowest BCUT2D eigenvalue weighted by Gasteiger charge is -2.14. The monoisotopic (exact) mass is 467 g/mol. The number of thioether (sulfide) groups is 1. The van der Waals surface area contributed by atoms with Crippen molar-refractivity contribution in [3.63, 3.8) is 0 Å². The highest BCUT2D eigenvalue weighted by atomic mass is 79.9. The molecule has 2 heterocycles. The molecule has 9 heteroatoms. The van der Waals surface area contributed by atoms with E-state index in [2.05, 4.69) is 15.9 Å². The van der Waals surface area contributed by atoms with Crippen molar-refractivity contribution in [1.29, 1.82) is 0 Å². The summed E-state index contributed by atoms with van der Waals surface area (Å²) >= 11 is 10.3. The maximum absolute atomic E-state index is 12.7. The van der Waals surface area contributed by atoms with Crippen LogP contribution in [0.1, 0.15) is 11.1 Å². The van der Waals surface area contributed by atoms with Crippen molar-refractivity contribution in [2.75, 3.05) is 6.79 Å². The number of imide groups is 1. The van der Waals surface area contributed by atoms with E-state index in [1.807, 2.05) is 0 Å². The minimum atomic E-state index is -0.400. The molecular weight excluding hydrogens is 458 g/mol. The fourth-order valence-corrected chi connectivity index (χ4v) is 4.10. The maximum Gasteiger partial charge on any atom is 0.293 e. The molecule has 6 nitrogen and oxygen atoms in total. The molecule has 0 bridgehead atoms. The van der Waals surface area contributed by atoms with E-state index in [9.17, 15) is 14.7 Å². The van der Waals surface area contributed by atoms with E-state index in [4.69, 9.17) is 21.1 Å². The number of carbonyl (C=O) groups excluding carboxylic acids is 2. The average molecular weight is 469 g/mol. The SMILES string of the molecule is O=C1S/C(=C\c2ccc(O)c(Br)c2)C(=O)N1Cc1cc2c(cc1Cl)OCO2. The Bertz CT molecular complexity index is 1010. The Morgan fingerprint density at radius 3 is 2.70 bits per heavy atom. The predicted octanol–water partition coefficient (Wildman–Crippen LogP) is 4.77. The molecule has 0 unspecified atom stereocenters. The Balaban J connectivity index is 1.58. The third-order valence-electron chi connectivity index (χ3n) is 4.01. The lowest BCUT2D eigenvalue weighted by molar-refractivity contribution is -0.123. The highest BCUT2D eigenvalue weighted by Gasteiger charge is 2.35. The second kappa shape index (κ2) is 7.10. The van der Waals surface area contributed by atoms with E-state index in [0.29, 0.717) is 37.0 Å². The van der Waals surface area contributed by atoms with E-state index in [1.54, 1.807) is 30.3 Å². The van der Waals surface area contributed by atoms with Crippen LogP contribution in [0.4, 0.5) is 4.79 Å². The van der Waals surface area contributed by atoms with Crippen LogP contribution in [0.25, 0.3) is 6.08 Å². The molecule has 0 saturated carbocycles. The first kappa shape index (κ1) is 18.2. The van der Waals surface area contributed by atoms with Gasteiger partial charge >= 0.3 is 0 Å². The van der Waals surface area contributed by atoms with Gasteiger partial charge < -0.3 is 14.6 Å². The van der Waals surface area contributed by atoms with Crippen molar-refractivity contribution in [3.05, 3.63) is 55.9 Å². The molecule has 1 N–H and O–H groups in total. The van der Waals surface area contributed by atoms with Gasteiger partial charge in [-0.05, 0) is 63.1 Å². The molecule has 2 aromatic carbocycles. The van der Waals surface area contributed by atoms with Crippen LogP contribution >= 0.6 is 39.3 Å². The van der Waals surface area contributed by atoms with Crippen molar-refractivity contribution in [3.8, 4) is 17.2 Å². The number of rotatable bonds is 3. The molecule has 138 valence electrons. The summed E-state index contributed by atoms with van der Waals surface area (Å²) in [5.41, 5.74) is 1.28. The maximum atomic E-state index is 12.7. The largest absolute Gasteiger partial charge is 0.507 e. The number of phenolic OH excluding ortho intramolecular Hbond substituents is 1. The van der Waals surface area contributed by atoms with Crippen molar-refractivity contribution in [2.45, 2.75) is 6.54 Å². The molecule has 0 atom stereocenters. The fourth-order valence-electron chi connectivity index (χ4n) is 2.65. The molecule has 2 amide bonds. The summed E-state index contributed by atoms with van der Waals surface area (Å²) in [6, 6.07) is 8.12. The van der Waals surface area contributed by atoms with E-state index >= 15 is 0 Å². The van der Waals surface area contributed by atoms with Gasteiger partial charge in [-0.15, -0.1) is 0 Å². The number of hydrogen-bond acceptors (Lipinski definition) is 6. The Labute approximate surface area is 171 Å². The minimum absolute atomic E-state index is 0.0384. The smallest absolute Gasteiger partial charge is 0.293 e. The zero-order valence-corrected chi connectivity index (χ0v) is 16.7. The zero-order valence-electron chi connectivity index (χ0n) is 13.6. The fraction of sp³-hybridized carbons (Fsp3) is 0.111. The van der Waals surface area contributed by atoms with Crippen LogP contribution in [-0.4, -0.2) is 27.9 Å². The van der Waals surface area contributed by atoms with Crippen molar-refractivity contribution in [2.24, 2.45) is 0 Å². The van der Waals surface area contributed by atoms with Gasteiger partial charge in [-0.3, -0.25) is 14.5 Å². The number of hydrogen-bond donors (Lipinski definition) is 1. The minimum Gasteiger partial charge on any atom is -0.507 e. The van der Waals surface area contributed by atoms with Crippen LogP contribution in [0.5, 0.6) is 17.2 Å². The molecular formula is C18H11BrClNO5S. The number of nitrogens with zero attached hydrogens (tertiary/aromatic N) is 1. The molecule has 4 rings (SSSR count). The van der Waals surface area contributed by atoms with Gasteiger partial charge in [0.2, 0.25) is 6.79 Å². The molecule has 1 fully saturated rings. The van der Waals surface area contributed by atoms with E-state index in [1.165, 1.54) is 6.07 Å². The summed E-state index contributed by atoms with van der Waals surface area (Å²) in [6.07, 6.45) is 1.61. The van der Waals surface area contributed by atoms with Crippen LogP contribution in [-0.2, 0) is 11.3 Å². The predicted molar refractivity (Wildman–Crippen MR) is 105 cm³/mol. The van der Waals surface area contributed by atoms with E-state index in [-0.39, 0.29) is 24.3 Å². The summed E-state index contributed by atoms with van der Waals surface area (Å²) in [7, 11) is 0. The molecule has 2 aliphatic rings. The average Bonchev–Trinajstić information content (AvgIpc) is 3.17. The third-order valence-corrected chi connectivity index (χ3v) is 5.91. The van der Waals surface area contributed by atoms with Gasteiger partial charge in [-0.2, -0.15) is 0 Å². The first-order valence-corrected chi connectivity index (χ1v) is 9.73. The Morgan fingerprint density at radius 1 is 1.22 bits per heavy atom. The molecule has 2 aliphatic heterocycles. The van der Waals surface area contributed by atoms with Crippen LogP contribution in [0.2, 0.25) is 5.02 Å². The second-order valence-corrected chi connectivity index (χ2v) is 8.03. The lowest BCUT2D eigenvalue weighted by Crippen LogP contribution is -2.27. The summed E-state index contributed by atoms with van der Waals surface area (Å²) in [4.78, 5) is 26.4. The quantitative estimate of drug-likeness (QED) is 0.654. The third kappa shape index (κ3) is 3.52. The number of aromatic hydroxyl groups is 1. The van der Waals surface area contributed by atoms with Gasteiger partial charge in [-0.25, -0.2) is 0 Å². The summed E-state index contributed by atoms with van der Waals surface area (Å²) < 4.78 is 11.1. The number of phenols is 1. The zero-order chi connectivity index (χ0) is 19.1. The van der Waals surface area contributed by atoms with Gasteiger partial charge in [-0.1, -0.05) is 17.7 Å². The molecule has 2 aromatic rings. The van der Waals surface area contributed by atoms with Gasteiger partial charge in [0.15, 0.2) is 11.5 Å². The first-order chi connectivity index (χ1) is 12.9. The first-order valence-electron chi connectivity index (χ1n) is 7.74. The van der Waals surface area contributed by atoms with Crippen molar-refractivity contribution >= 4 is 56.5 Å². The van der Waals surface area contributed by atoms with Crippen LogP contribution < -0.4 is 9.47 Å². The highest BCUT2D eigenvalue weighted by Crippen LogP contribution is 2.39. The Hall–Kier alpha value is -2.16. The van der Waals surface area contributed by atoms with Gasteiger partial charge in [0.25, 0.3) is 11.1 Å².